The molecule has 90 valence electrons. The zero-order chi connectivity index (χ0) is 12.3. The van der Waals surface area contributed by atoms with Gasteiger partial charge in [-0.2, -0.15) is 0 Å². The zero-order valence-corrected chi connectivity index (χ0v) is 10.5. The van der Waals surface area contributed by atoms with Gasteiger partial charge in [0.25, 0.3) is 0 Å². The van der Waals surface area contributed by atoms with Crippen LogP contribution in [0.4, 0.5) is 4.39 Å². The Morgan fingerprint density at radius 2 is 2.18 bits per heavy atom. The Morgan fingerprint density at radius 3 is 2.88 bits per heavy atom. The van der Waals surface area contributed by atoms with Crippen molar-refractivity contribution in [1.29, 1.82) is 0 Å². The number of aromatic nitrogens is 1. The van der Waals surface area contributed by atoms with Crippen molar-refractivity contribution in [2.45, 2.75) is 13.3 Å². The molecule has 0 bridgehead atoms. The second kappa shape index (κ2) is 5.38. The highest BCUT2D eigenvalue weighted by molar-refractivity contribution is 7.09. The van der Waals surface area contributed by atoms with Crippen LogP contribution in [-0.2, 0) is 6.42 Å². The van der Waals surface area contributed by atoms with Crippen LogP contribution in [0.25, 0.3) is 11.3 Å². The molecule has 1 heterocycles. The summed E-state index contributed by atoms with van der Waals surface area (Å²) in [5.74, 6) is 0.186. The molecule has 1 aromatic carbocycles. The number of benzene rings is 1. The second-order valence-corrected chi connectivity index (χ2v) is 5.09. The molecule has 0 fully saturated rings. The van der Waals surface area contributed by atoms with Gasteiger partial charge in [-0.25, -0.2) is 9.37 Å². The molecule has 1 atom stereocenters. The smallest absolute Gasteiger partial charge is 0.132 e. The summed E-state index contributed by atoms with van der Waals surface area (Å²) >= 11 is 1.56. The van der Waals surface area contributed by atoms with Crippen molar-refractivity contribution in [3.63, 3.8) is 0 Å². The Labute approximate surface area is 104 Å². The summed E-state index contributed by atoms with van der Waals surface area (Å²) in [6.07, 6.45) is 0.857. The summed E-state index contributed by atoms with van der Waals surface area (Å²) in [7, 11) is 0. The molecule has 0 aliphatic rings. The van der Waals surface area contributed by atoms with E-state index in [4.69, 9.17) is 5.73 Å². The Bertz CT molecular complexity index is 496. The fourth-order valence-corrected chi connectivity index (χ4v) is 2.54. The average Bonchev–Trinajstić information content (AvgIpc) is 2.78. The summed E-state index contributed by atoms with van der Waals surface area (Å²) in [6, 6.07) is 6.71. The van der Waals surface area contributed by atoms with Crippen molar-refractivity contribution in [3.05, 3.63) is 40.5 Å². The average molecular weight is 250 g/mol. The van der Waals surface area contributed by atoms with Crippen LogP contribution < -0.4 is 5.73 Å². The van der Waals surface area contributed by atoms with E-state index in [0.29, 0.717) is 23.7 Å². The normalized spacial score (nSPS) is 12.6. The standard InChI is InChI=1S/C13H15FN2S/c1-9(7-15)6-13-16-12(8-17-13)10-4-2-3-5-11(10)14/h2-5,8-9H,6-7,15H2,1H3. The predicted octanol–water partition coefficient (Wildman–Crippen LogP) is 3.09. The topological polar surface area (TPSA) is 38.9 Å². The van der Waals surface area contributed by atoms with Crippen LogP contribution in [0.2, 0.25) is 0 Å². The lowest BCUT2D eigenvalue weighted by atomic mass is 10.1. The van der Waals surface area contributed by atoms with Crippen molar-refractivity contribution < 1.29 is 4.39 Å². The molecule has 17 heavy (non-hydrogen) atoms. The summed E-state index contributed by atoms with van der Waals surface area (Å²) < 4.78 is 13.6. The monoisotopic (exact) mass is 250 g/mol. The number of nitrogens with two attached hydrogens (primary N) is 1. The minimum absolute atomic E-state index is 0.226. The highest BCUT2D eigenvalue weighted by Crippen LogP contribution is 2.25. The Kier molecular flexibility index (Phi) is 3.86. The first-order valence-electron chi connectivity index (χ1n) is 5.60. The summed E-state index contributed by atoms with van der Waals surface area (Å²) in [5.41, 5.74) is 6.86. The van der Waals surface area contributed by atoms with E-state index in [1.165, 1.54) is 6.07 Å². The minimum Gasteiger partial charge on any atom is -0.330 e. The Hall–Kier alpha value is -1.26. The molecular formula is C13H15FN2S. The molecule has 2 aromatic rings. The predicted molar refractivity (Wildman–Crippen MR) is 69.4 cm³/mol. The van der Waals surface area contributed by atoms with Crippen molar-refractivity contribution in [3.8, 4) is 11.3 Å². The lowest BCUT2D eigenvalue weighted by Crippen LogP contribution is -2.12. The number of nitrogens with zero attached hydrogens (tertiary/aromatic N) is 1. The van der Waals surface area contributed by atoms with Crippen LogP contribution >= 0.6 is 11.3 Å². The number of hydrogen-bond donors (Lipinski definition) is 1. The fourth-order valence-electron chi connectivity index (χ4n) is 1.58. The second-order valence-electron chi connectivity index (χ2n) is 4.15. The van der Waals surface area contributed by atoms with E-state index in [1.54, 1.807) is 23.5 Å². The van der Waals surface area contributed by atoms with Gasteiger partial charge >= 0.3 is 0 Å². The van der Waals surface area contributed by atoms with E-state index in [9.17, 15) is 4.39 Å². The molecule has 4 heteroatoms. The van der Waals surface area contributed by atoms with Gasteiger partial charge in [-0.15, -0.1) is 11.3 Å². The maximum absolute atomic E-state index is 13.6. The van der Waals surface area contributed by atoms with E-state index < -0.39 is 0 Å². The third-order valence-electron chi connectivity index (χ3n) is 2.63. The van der Waals surface area contributed by atoms with Gasteiger partial charge in [0.2, 0.25) is 0 Å². The fraction of sp³-hybridized carbons (Fsp3) is 0.308. The first-order valence-corrected chi connectivity index (χ1v) is 6.48. The molecule has 0 radical (unpaired) electrons. The van der Waals surface area contributed by atoms with Crippen molar-refractivity contribution in [2.24, 2.45) is 11.7 Å². The van der Waals surface area contributed by atoms with E-state index in [1.807, 2.05) is 11.4 Å². The minimum atomic E-state index is -0.226. The lowest BCUT2D eigenvalue weighted by Gasteiger charge is -2.04. The maximum Gasteiger partial charge on any atom is 0.132 e. The largest absolute Gasteiger partial charge is 0.330 e. The molecule has 2 rings (SSSR count). The van der Waals surface area contributed by atoms with Crippen LogP contribution in [0.1, 0.15) is 11.9 Å². The van der Waals surface area contributed by atoms with E-state index in [-0.39, 0.29) is 5.82 Å². The van der Waals surface area contributed by atoms with Crippen LogP contribution in [0, 0.1) is 11.7 Å². The molecule has 2 nitrogen and oxygen atoms in total. The SMILES string of the molecule is CC(CN)Cc1nc(-c2ccccc2F)cs1. The number of thiazole rings is 1. The molecule has 0 amide bonds. The molecule has 1 unspecified atom stereocenters. The van der Waals surface area contributed by atoms with Crippen LogP contribution in [0.15, 0.2) is 29.6 Å². The Balaban J connectivity index is 2.21. The van der Waals surface area contributed by atoms with Crippen molar-refractivity contribution >= 4 is 11.3 Å². The quantitative estimate of drug-likeness (QED) is 0.905. The first kappa shape index (κ1) is 12.2. The number of halogens is 1. The van der Waals surface area contributed by atoms with Crippen molar-refractivity contribution in [1.82, 2.24) is 4.98 Å². The van der Waals surface area contributed by atoms with E-state index in [0.717, 1.165) is 11.4 Å². The highest BCUT2D eigenvalue weighted by atomic mass is 32.1. The third kappa shape index (κ3) is 2.90. The van der Waals surface area contributed by atoms with Gasteiger partial charge < -0.3 is 5.73 Å². The van der Waals surface area contributed by atoms with Gasteiger partial charge in [-0.3, -0.25) is 0 Å². The first-order chi connectivity index (χ1) is 8.20. The van der Waals surface area contributed by atoms with Gasteiger partial charge in [0.05, 0.1) is 10.7 Å². The van der Waals surface area contributed by atoms with Crippen LogP contribution in [-0.4, -0.2) is 11.5 Å². The molecule has 0 saturated heterocycles. The summed E-state index contributed by atoms with van der Waals surface area (Å²) in [4.78, 5) is 4.45. The number of hydrogen-bond acceptors (Lipinski definition) is 3. The summed E-state index contributed by atoms with van der Waals surface area (Å²) in [6.45, 7) is 2.73. The Morgan fingerprint density at radius 1 is 1.41 bits per heavy atom. The van der Waals surface area contributed by atoms with E-state index in [2.05, 4.69) is 11.9 Å². The van der Waals surface area contributed by atoms with Gasteiger partial charge in [-0.05, 0) is 24.6 Å². The van der Waals surface area contributed by atoms with E-state index >= 15 is 0 Å². The summed E-state index contributed by atoms with van der Waals surface area (Å²) in [5, 5.41) is 2.91. The molecule has 0 aliphatic carbocycles. The molecule has 1 aromatic heterocycles. The van der Waals surface area contributed by atoms with Gasteiger partial charge in [0.1, 0.15) is 5.82 Å². The van der Waals surface area contributed by atoms with Gasteiger partial charge in [0, 0.05) is 17.4 Å². The maximum atomic E-state index is 13.6. The van der Waals surface area contributed by atoms with Gasteiger partial charge in [0.15, 0.2) is 0 Å². The zero-order valence-electron chi connectivity index (χ0n) is 9.69. The third-order valence-corrected chi connectivity index (χ3v) is 3.50. The highest BCUT2D eigenvalue weighted by Gasteiger charge is 2.10. The van der Waals surface area contributed by atoms with Crippen LogP contribution in [0.5, 0.6) is 0 Å². The van der Waals surface area contributed by atoms with Crippen molar-refractivity contribution in [2.75, 3.05) is 6.54 Å². The molecule has 2 N–H and O–H groups in total. The number of rotatable bonds is 4. The molecule has 0 spiro atoms. The molecular weight excluding hydrogens is 235 g/mol. The van der Waals surface area contributed by atoms with Gasteiger partial charge in [-0.1, -0.05) is 19.1 Å². The lowest BCUT2D eigenvalue weighted by molar-refractivity contribution is 0.591. The molecule has 0 aliphatic heterocycles. The van der Waals surface area contributed by atoms with Crippen LogP contribution in [0.3, 0.4) is 0 Å². The molecule has 0 saturated carbocycles.